The van der Waals surface area contributed by atoms with Gasteiger partial charge < -0.3 is 24.8 Å². The molecule has 0 aliphatic rings. The molecule has 1 unspecified atom stereocenters. The van der Waals surface area contributed by atoms with Crippen LogP contribution in [-0.2, 0) is 16.1 Å². The highest BCUT2D eigenvalue weighted by molar-refractivity contribution is 5.95. The van der Waals surface area contributed by atoms with Crippen molar-refractivity contribution in [3.63, 3.8) is 0 Å². The lowest BCUT2D eigenvalue weighted by Crippen LogP contribution is -2.30. The second-order valence-electron chi connectivity index (χ2n) is 8.67. The minimum absolute atomic E-state index is 0.212. The average Bonchev–Trinajstić information content (AvgIpc) is 2.88. The topological polar surface area (TPSA) is 103 Å². The number of benzene rings is 3. The van der Waals surface area contributed by atoms with Gasteiger partial charge in [0, 0.05) is 17.8 Å². The zero-order valence-electron chi connectivity index (χ0n) is 21.4. The van der Waals surface area contributed by atoms with E-state index in [4.69, 9.17) is 14.2 Å². The molecule has 2 N–H and O–H groups in total. The fraction of sp³-hybridized carbons (Fsp3) is 0.276. The standard InChI is InChI=1S/C29H32N2O6/c1-5-35-29(34)37-26-15-11-23(12-16-26)28(33)30-18-21-7-6-8-24(17-21)31-27(32)20(4)36-25-13-9-22(10-14-25)19(2)3/h6-17,19-20H,5,18H2,1-4H3,(H,30,33)(H,31,32). The van der Waals surface area contributed by atoms with E-state index in [1.54, 1.807) is 44.2 Å². The van der Waals surface area contributed by atoms with Crippen molar-refractivity contribution in [3.8, 4) is 11.5 Å². The third-order valence-corrected chi connectivity index (χ3v) is 5.46. The van der Waals surface area contributed by atoms with Crippen LogP contribution in [0, 0.1) is 0 Å². The number of ether oxygens (including phenoxy) is 3. The van der Waals surface area contributed by atoms with Crippen LogP contribution in [0.1, 0.15) is 55.1 Å². The van der Waals surface area contributed by atoms with Gasteiger partial charge in [-0.05, 0) is 79.4 Å². The van der Waals surface area contributed by atoms with Gasteiger partial charge in [-0.3, -0.25) is 9.59 Å². The molecule has 0 aliphatic heterocycles. The van der Waals surface area contributed by atoms with Gasteiger partial charge in [0.25, 0.3) is 11.8 Å². The lowest BCUT2D eigenvalue weighted by Gasteiger charge is -2.16. The lowest BCUT2D eigenvalue weighted by molar-refractivity contribution is -0.122. The molecule has 0 radical (unpaired) electrons. The van der Waals surface area contributed by atoms with Crippen molar-refractivity contribution in [3.05, 3.63) is 89.5 Å². The summed E-state index contributed by atoms with van der Waals surface area (Å²) in [4.78, 5) is 36.5. The van der Waals surface area contributed by atoms with E-state index >= 15 is 0 Å². The first-order valence-corrected chi connectivity index (χ1v) is 12.1. The number of anilines is 1. The fourth-order valence-electron chi connectivity index (χ4n) is 3.39. The molecule has 3 aromatic rings. The van der Waals surface area contributed by atoms with Crippen molar-refractivity contribution in [2.75, 3.05) is 11.9 Å². The maximum absolute atomic E-state index is 12.6. The van der Waals surface area contributed by atoms with Gasteiger partial charge in [0.15, 0.2) is 6.10 Å². The van der Waals surface area contributed by atoms with Crippen molar-refractivity contribution in [2.45, 2.75) is 46.3 Å². The molecule has 0 aromatic heterocycles. The molecule has 3 aromatic carbocycles. The van der Waals surface area contributed by atoms with E-state index in [0.29, 0.717) is 22.9 Å². The first kappa shape index (κ1) is 27.3. The molecular formula is C29H32N2O6. The Bertz CT molecular complexity index is 1210. The summed E-state index contributed by atoms with van der Waals surface area (Å²) < 4.78 is 15.5. The molecule has 0 bridgehead atoms. The predicted octanol–water partition coefficient (Wildman–Crippen LogP) is 5.68. The minimum atomic E-state index is -0.798. The van der Waals surface area contributed by atoms with Crippen molar-refractivity contribution in [2.24, 2.45) is 0 Å². The second kappa shape index (κ2) is 13.1. The number of hydrogen-bond donors (Lipinski definition) is 2. The second-order valence-corrected chi connectivity index (χ2v) is 8.67. The number of carbonyl (C=O) groups is 3. The van der Waals surface area contributed by atoms with E-state index in [1.807, 2.05) is 30.3 Å². The smallest absolute Gasteiger partial charge is 0.481 e. The van der Waals surface area contributed by atoms with E-state index in [2.05, 4.69) is 24.5 Å². The molecule has 0 saturated carbocycles. The zero-order valence-corrected chi connectivity index (χ0v) is 21.4. The van der Waals surface area contributed by atoms with Gasteiger partial charge in [0.2, 0.25) is 0 Å². The predicted molar refractivity (Wildman–Crippen MR) is 141 cm³/mol. The van der Waals surface area contributed by atoms with Crippen LogP contribution in [0.5, 0.6) is 11.5 Å². The fourth-order valence-corrected chi connectivity index (χ4v) is 3.39. The molecule has 0 heterocycles. The van der Waals surface area contributed by atoms with Crippen LogP contribution in [0.4, 0.5) is 10.5 Å². The normalized spacial score (nSPS) is 11.4. The monoisotopic (exact) mass is 504 g/mol. The molecular weight excluding hydrogens is 472 g/mol. The Morgan fingerprint density at radius 1 is 0.865 bits per heavy atom. The van der Waals surface area contributed by atoms with Crippen LogP contribution < -0.4 is 20.1 Å². The van der Waals surface area contributed by atoms with Crippen molar-refractivity contribution >= 4 is 23.7 Å². The first-order valence-electron chi connectivity index (χ1n) is 12.1. The molecule has 0 aliphatic carbocycles. The minimum Gasteiger partial charge on any atom is -0.481 e. The zero-order chi connectivity index (χ0) is 26.8. The number of nitrogens with one attached hydrogen (secondary N) is 2. The van der Waals surface area contributed by atoms with Crippen LogP contribution in [0.25, 0.3) is 0 Å². The van der Waals surface area contributed by atoms with Gasteiger partial charge >= 0.3 is 6.16 Å². The third kappa shape index (κ3) is 8.38. The molecule has 37 heavy (non-hydrogen) atoms. The third-order valence-electron chi connectivity index (χ3n) is 5.46. The van der Waals surface area contributed by atoms with E-state index < -0.39 is 12.3 Å². The number of amides is 2. The molecule has 0 spiro atoms. The summed E-state index contributed by atoms with van der Waals surface area (Å²) >= 11 is 0. The number of rotatable bonds is 10. The SMILES string of the molecule is CCOC(=O)Oc1ccc(C(=O)NCc2cccc(NC(=O)C(C)Oc3ccc(C(C)C)cc3)c2)cc1. The van der Waals surface area contributed by atoms with Gasteiger partial charge in [-0.2, -0.15) is 0 Å². The van der Waals surface area contributed by atoms with Crippen LogP contribution >= 0.6 is 0 Å². The molecule has 194 valence electrons. The Labute approximate surface area is 216 Å². The highest BCUT2D eigenvalue weighted by Crippen LogP contribution is 2.20. The summed E-state index contributed by atoms with van der Waals surface area (Å²) in [5.74, 6) is 0.764. The maximum atomic E-state index is 12.6. The van der Waals surface area contributed by atoms with Gasteiger partial charge in [-0.25, -0.2) is 4.79 Å². The van der Waals surface area contributed by atoms with Crippen LogP contribution in [0.3, 0.4) is 0 Å². The Kier molecular flexibility index (Phi) is 9.66. The van der Waals surface area contributed by atoms with E-state index in [0.717, 1.165) is 5.56 Å². The molecule has 0 saturated heterocycles. The molecule has 1 atom stereocenters. The summed E-state index contributed by atoms with van der Waals surface area (Å²) in [5, 5.41) is 5.69. The Morgan fingerprint density at radius 2 is 1.54 bits per heavy atom. The first-order chi connectivity index (χ1) is 17.7. The molecule has 8 nitrogen and oxygen atoms in total. The largest absolute Gasteiger partial charge is 0.513 e. The number of carbonyl (C=O) groups excluding carboxylic acids is 3. The summed E-state index contributed by atoms with van der Waals surface area (Å²) in [5.41, 5.74) is 3.02. The van der Waals surface area contributed by atoms with Crippen LogP contribution in [0.15, 0.2) is 72.8 Å². The maximum Gasteiger partial charge on any atom is 0.513 e. The highest BCUT2D eigenvalue weighted by Gasteiger charge is 2.15. The lowest BCUT2D eigenvalue weighted by atomic mass is 10.0. The summed E-state index contributed by atoms with van der Waals surface area (Å²) in [6.45, 7) is 8.09. The number of hydrogen-bond acceptors (Lipinski definition) is 6. The molecule has 8 heteroatoms. The summed E-state index contributed by atoms with van der Waals surface area (Å²) in [6.07, 6.45) is -1.49. The molecule has 0 fully saturated rings. The van der Waals surface area contributed by atoms with Crippen LogP contribution in [0.2, 0.25) is 0 Å². The Balaban J connectivity index is 1.51. The van der Waals surface area contributed by atoms with Gasteiger partial charge in [-0.15, -0.1) is 0 Å². The van der Waals surface area contributed by atoms with Crippen LogP contribution in [-0.4, -0.2) is 30.7 Å². The van der Waals surface area contributed by atoms with E-state index in [1.165, 1.54) is 17.7 Å². The van der Waals surface area contributed by atoms with E-state index in [-0.39, 0.29) is 30.7 Å². The van der Waals surface area contributed by atoms with Gasteiger partial charge in [-0.1, -0.05) is 38.1 Å². The molecule has 3 rings (SSSR count). The van der Waals surface area contributed by atoms with Crippen molar-refractivity contribution in [1.82, 2.24) is 5.32 Å². The quantitative estimate of drug-likeness (QED) is 0.272. The Hall–Kier alpha value is -4.33. The summed E-state index contributed by atoms with van der Waals surface area (Å²) in [6, 6.07) is 21.1. The van der Waals surface area contributed by atoms with Gasteiger partial charge in [0.1, 0.15) is 11.5 Å². The van der Waals surface area contributed by atoms with Crippen molar-refractivity contribution < 1.29 is 28.6 Å². The Morgan fingerprint density at radius 3 is 2.19 bits per heavy atom. The molecule has 2 amide bonds. The van der Waals surface area contributed by atoms with E-state index in [9.17, 15) is 14.4 Å². The van der Waals surface area contributed by atoms with Crippen molar-refractivity contribution in [1.29, 1.82) is 0 Å². The average molecular weight is 505 g/mol. The highest BCUT2D eigenvalue weighted by atomic mass is 16.7. The summed E-state index contributed by atoms with van der Waals surface area (Å²) in [7, 11) is 0. The van der Waals surface area contributed by atoms with Gasteiger partial charge in [0.05, 0.1) is 6.61 Å².